The third kappa shape index (κ3) is 6.19. The molecule has 0 aliphatic heterocycles. The zero-order chi connectivity index (χ0) is 15.9. The number of nitrogens with zero attached hydrogens (tertiary/aromatic N) is 2. The summed E-state index contributed by atoms with van der Waals surface area (Å²) in [7, 11) is 0. The summed E-state index contributed by atoms with van der Waals surface area (Å²) >= 11 is 0.881. The summed E-state index contributed by atoms with van der Waals surface area (Å²) in [5.74, 6) is -0.703. The number of aromatic nitrogens is 2. The van der Waals surface area contributed by atoms with Crippen molar-refractivity contribution in [2.24, 2.45) is 0 Å². The van der Waals surface area contributed by atoms with Gasteiger partial charge in [0.15, 0.2) is 5.69 Å². The molecule has 0 spiro atoms. The lowest BCUT2D eigenvalue weighted by Crippen LogP contribution is -2.13. The van der Waals surface area contributed by atoms with Gasteiger partial charge in [-0.2, -0.15) is 13.2 Å². The van der Waals surface area contributed by atoms with Gasteiger partial charge in [-0.05, 0) is 13.3 Å². The van der Waals surface area contributed by atoms with Gasteiger partial charge in [0.1, 0.15) is 5.03 Å². The highest BCUT2D eigenvalue weighted by Gasteiger charge is 2.33. The van der Waals surface area contributed by atoms with Crippen LogP contribution < -0.4 is 5.32 Å². The Balaban J connectivity index is 2.88. The summed E-state index contributed by atoms with van der Waals surface area (Å²) < 4.78 is 43.0. The molecule has 118 valence electrons. The largest absolute Gasteiger partial charge is 0.465 e. The summed E-state index contributed by atoms with van der Waals surface area (Å²) in [5, 5.41) is 2.78. The SMILES string of the molecule is CCCNc1nc(SCC(=O)OCC)cc(C(F)(F)F)n1. The van der Waals surface area contributed by atoms with Crippen LogP contribution in [-0.4, -0.2) is 34.8 Å². The average Bonchev–Trinajstić information content (AvgIpc) is 2.42. The number of alkyl halides is 3. The van der Waals surface area contributed by atoms with Crippen LogP contribution in [0.25, 0.3) is 0 Å². The van der Waals surface area contributed by atoms with Crippen molar-refractivity contribution in [2.45, 2.75) is 31.5 Å². The second-order valence-electron chi connectivity index (χ2n) is 3.93. The lowest BCUT2D eigenvalue weighted by molar-refractivity contribution is -0.141. The molecule has 0 aliphatic carbocycles. The summed E-state index contributed by atoms with van der Waals surface area (Å²) in [5.41, 5.74) is -1.04. The summed E-state index contributed by atoms with van der Waals surface area (Å²) in [4.78, 5) is 18.6. The predicted molar refractivity (Wildman–Crippen MR) is 73.2 cm³/mol. The first kappa shape index (κ1) is 17.5. The fourth-order valence-corrected chi connectivity index (χ4v) is 1.99. The number of carbonyl (C=O) groups is 1. The van der Waals surface area contributed by atoms with Crippen molar-refractivity contribution in [3.8, 4) is 0 Å². The predicted octanol–water partition coefficient (Wildman–Crippen LogP) is 2.97. The van der Waals surface area contributed by atoms with Crippen LogP contribution in [0.3, 0.4) is 0 Å². The number of hydrogen-bond acceptors (Lipinski definition) is 6. The summed E-state index contributed by atoms with van der Waals surface area (Å²) in [6.45, 7) is 4.21. The lowest BCUT2D eigenvalue weighted by atomic mass is 10.4. The first-order valence-electron chi connectivity index (χ1n) is 6.35. The second kappa shape index (κ2) is 8.06. The van der Waals surface area contributed by atoms with Gasteiger partial charge in [-0.15, -0.1) is 0 Å². The molecule has 0 unspecified atom stereocenters. The lowest BCUT2D eigenvalue weighted by Gasteiger charge is -2.11. The highest BCUT2D eigenvalue weighted by atomic mass is 32.2. The molecule has 0 atom stereocenters. The van der Waals surface area contributed by atoms with E-state index in [-0.39, 0.29) is 23.3 Å². The molecule has 0 aromatic carbocycles. The van der Waals surface area contributed by atoms with Crippen molar-refractivity contribution in [2.75, 3.05) is 24.2 Å². The number of hydrogen-bond donors (Lipinski definition) is 1. The molecule has 0 amide bonds. The first-order chi connectivity index (χ1) is 9.86. The molecule has 0 bridgehead atoms. The van der Waals surface area contributed by atoms with Crippen LogP contribution in [0, 0.1) is 0 Å². The van der Waals surface area contributed by atoms with Gasteiger partial charge in [0.05, 0.1) is 12.4 Å². The smallest absolute Gasteiger partial charge is 0.433 e. The maximum absolute atomic E-state index is 12.8. The third-order valence-corrected chi connectivity index (χ3v) is 3.05. The molecular weight excluding hydrogens is 307 g/mol. The minimum Gasteiger partial charge on any atom is -0.465 e. The summed E-state index contributed by atoms with van der Waals surface area (Å²) in [6, 6.07) is 0.820. The van der Waals surface area contributed by atoms with Crippen LogP contribution in [0.1, 0.15) is 26.0 Å². The van der Waals surface area contributed by atoms with E-state index < -0.39 is 17.8 Å². The van der Waals surface area contributed by atoms with Crippen LogP contribution in [-0.2, 0) is 15.7 Å². The molecule has 0 radical (unpaired) electrons. The fourth-order valence-electron chi connectivity index (χ4n) is 1.30. The Bertz CT molecular complexity index is 483. The van der Waals surface area contributed by atoms with E-state index in [4.69, 9.17) is 4.74 Å². The number of halogens is 3. The molecule has 0 aliphatic rings. The molecule has 5 nitrogen and oxygen atoms in total. The topological polar surface area (TPSA) is 64.1 Å². The Morgan fingerprint density at radius 2 is 2.10 bits per heavy atom. The van der Waals surface area contributed by atoms with E-state index in [1.165, 1.54) is 0 Å². The van der Waals surface area contributed by atoms with E-state index >= 15 is 0 Å². The van der Waals surface area contributed by atoms with Gasteiger partial charge in [-0.3, -0.25) is 4.79 Å². The van der Waals surface area contributed by atoms with Crippen molar-refractivity contribution < 1.29 is 22.7 Å². The number of rotatable bonds is 7. The minimum absolute atomic E-state index is 0.0731. The number of nitrogens with one attached hydrogen (secondary N) is 1. The molecule has 21 heavy (non-hydrogen) atoms. The highest BCUT2D eigenvalue weighted by Crippen LogP contribution is 2.30. The molecule has 1 rings (SSSR count). The first-order valence-corrected chi connectivity index (χ1v) is 7.34. The minimum atomic E-state index is -4.56. The Morgan fingerprint density at radius 1 is 1.38 bits per heavy atom. The van der Waals surface area contributed by atoms with Crippen LogP contribution in [0.15, 0.2) is 11.1 Å². The van der Waals surface area contributed by atoms with Crippen LogP contribution in [0.4, 0.5) is 19.1 Å². The van der Waals surface area contributed by atoms with E-state index in [1.807, 2.05) is 6.92 Å². The van der Waals surface area contributed by atoms with Crippen LogP contribution >= 0.6 is 11.8 Å². The molecule has 0 saturated heterocycles. The maximum Gasteiger partial charge on any atom is 0.433 e. The zero-order valence-corrected chi connectivity index (χ0v) is 12.5. The standard InChI is InChI=1S/C12H16F3N3O2S/c1-3-5-16-11-17-8(12(13,14)15)6-9(18-11)21-7-10(19)20-4-2/h6H,3-5,7H2,1-2H3,(H,16,17,18). The Labute approximate surface area is 124 Å². The molecular formula is C12H16F3N3O2S. The molecule has 1 aromatic rings. The Morgan fingerprint density at radius 3 is 2.67 bits per heavy atom. The molecule has 1 N–H and O–H groups in total. The normalized spacial score (nSPS) is 11.3. The monoisotopic (exact) mass is 323 g/mol. The van der Waals surface area contributed by atoms with Crippen molar-refractivity contribution in [1.82, 2.24) is 9.97 Å². The molecule has 1 aromatic heterocycles. The number of ether oxygens (including phenoxy) is 1. The summed E-state index contributed by atoms with van der Waals surface area (Å²) in [6.07, 6.45) is -3.84. The molecule has 0 fully saturated rings. The van der Waals surface area contributed by atoms with E-state index in [1.54, 1.807) is 6.92 Å². The van der Waals surface area contributed by atoms with Gasteiger partial charge in [0.2, 0.25) is 5.95 Å². The maximum atomic E-state index is 12.8. The quantitative estimate of drug-likeness (QED) is 0.473. The van der Waals surface area contributed by atoms with Gasteiger partial charge >= 0.3 is 12.1 Å². The Kier molecular flexibility index (Phi) is 6.73. The fraction of sp³-hybridized carbons (Fsp3) is 0.583. The van der Waals surface area contributed by atoms with Gasteiger partial charge < -0.3 is 10.1 Å². The van der Waals surface area contributed by atoms with Gasteiger partial charge in [-0.1, -0.05) is 18.7 Å². The zero-order valence-electron chi connectivity index (χ0n) is 11.7. The van der Waals surface area contributed by atoms with Crippen LogP contribution in [0.2, 0.25) is 0 Å². The third-order valence-electron chi connectivity index (χ3n) is 2.17. The average molecular weight is 323 g/mol. The second-order valence-corrected chi connectivity index (χ2v) is 4.93. The van der Waals surface area contributed by atoms with Gasteiger partial charge in [-0.25, -0.2) is 9.97 Å². The van der Waals surface area contributed by atoms with Crippen molar-refractivity contribution in [1.29, 1.82) is 0 Å². The van der Waals surface area contributed by atoms with Crippen molar-refractivity contribution >= 4 is 23.7 Å². The van der Waals surface area contributed by atoms with Gasteiger partial charge in [0, 0.05) is 12.6 Å². The van der Waals surface area contributed by atoms with E-state index in [2.05, 4.69) is 15.3 Å². The van der Waals surface area contributed by atoms with Crippen molar-refractivity contribution in [3.05, 3.63) is 11.8 Å². The van der Waals surface area contributed by atoms with E-state index in [0.29, 0.717) is 6.54 Å². The van der Waals surface area contributed by atoms with E-state index in [9.17, 15) is 18.0 Å². The number of esters is 1. The number of carbonyl (C=O) groups excluding carboxylic acids is 1. The van der Waals surface area contributed by atoms with E-state index in [0.717, 1.165) is 24.2 Å². The number of thioether (sulfide) groups is 1. The highest BCUT2D eigenvalue weighted by molar-refractivity contribution is 7.99. The molecule has 9 heteroatoms. The Hall–Kier alpha value is -1.51. The molecule has 1 heterocycles. The number of anilines is 1. The van der Waals surface area contributed by atoms with Gasteiger partial charge in [0.25, 0.3) is 0 Å². The van der Waals surface area contributed by atoms with Crippen LogP contribution in [0.5, 0.6) is 0 Å². The molecule has 0 saturated carbocycles. The van der Waals surface area contributed by atoms with Crippen molar-refractivity contribution in [3.63, 3.8) is 0 Å².